The highest BCUT2D eigenvalue weighted by atomic mass is 32.1. The fourth-order valence-corrected chi connectivity index (χ4v) is 8.46. The van der Waals surface area contributed by atoms with E-state index in [1.165, 1.54) is 17.4 Å². The zero-order valence-corrected chi connectivity index (χ0v) is 29.3. The lowest BCUT2D eigenvalue weighted by Crippen LogP contribution is -2.00. The quantitative estimate of drug-likeness (QED) is 0.178. The number of rotatable bonds is 5. The topological polar surface area (TPSA) is 51.8 Å². The van der Waals surface area contributed by atoms with Crippen LogP contribution in [-0.2, 0) is 0 Å². The molecule has 0 aliphatic rings. The van der Waals surface area contributed by atoms with Crippen LogP contribution in [0.4, 0.5) is 0 Å². The van der Waals surface area contributed by atoms with E-state index in [1.54, 1.807) is 12.1 Å². The lowest BCUT2D eigenvalue weighted by molar-refractivity contribution is 0.670. The van der Waals surface area contributed by atoms with Crippen molar-refractivity contribution in [2.24, 2.45) is 0 Å². The second-order valence-corrected chi connectivity index (χ2v) is 14.1. The fraction of sp³-hybridized carbons (Fsp3) is 0. The monoisotopic (exact) mass is 713 g/mol. The number of thiophene rings is 1. The summed E-state index contributed by atoms with van der Waals surface area (Å²) in [6.07, 6.45) is 0. The van der Waals surface area contributed by atoms with Crippen LogP contribution >= 0.6 is 11.3 Å². The molecule has 0 spiro atoms. The maximum absolute atomic E-state index is 9.10. The van der Waals surface area contributed by atoms with Crippen LogP contribution in [0.2, 0.25) is 0 Å². The molecule has 0 saturated carbocycles. The Morgan fingerprint density at radius 3 is 1.93 bits per heavy atom. The number of benzene rings is 8. The molecule has 0 unspecified atom stereocenters. The van der Waals surface area contributed by atoms with Gasteiger partial charge in [0.15, 0.2) is 17.5 Å². The number of fused-ring (bicyclic) bond motifs is 8. The van der Waals surface area contributed by atoms with Crippen LogP contribution in [0.15, 0.2) is 180 Å². The van der Waals surface area contributed by atoms with E-state index in [2.05, 4.69) is 24.3 Å². The van der Waals surface area contributed by atoms with E-state index in [0.717, 1.165) is 44.2 Å². The third-order valence-corrected chi connectivity index (χ3v) is 11.1. The molecule has 0 amide bonds. The molecule has 5 heteroatoms. The first-order chi connectivity index (χ1) is 29.2. The predicted octanol–water partition coefficient (Wildman–Crippen LogP) is 13.6. The second-order valence-electron chi connectivity index (χ2n) is 13.1. The van der Waals surface area contributed by atoms with Crippen LogP contribution < -0.4 is 0 Å². The predicted molar refractivity (Wildman–Crippen MR) is 225 cm³/mol. The van der Waals surface area contributed by atoms with Gasteiger partial charge in [-0.15, -0.1) is 11.3 Å². The largest absolute Gasteiger partial charge is 0.455 e. The average Bonchev–Trinajstić information content (AvgIpc) is 3.86. The Morgan fingerprint density at radius 2 is 1.13 bits per heavy atom. The molecule has 3 aromatic heterocycles. The minimum absolute atomic E-state index is 0.00865. The number of para-hydroxylation sites is 1. The van der Waals surface area contributed by atoms with Gasteiger partial charge in [-0.25, -0.2) is 15.0 Å². The van der Waals surface area contributed by atoms with Gasteiger partial charge in [-0.2, -0.15) is 0 Å². The van der Waals surface area contributed by atoms with E-state index >= 15 is 0 Å². The SMILES string of the molecule is [2H]c1cc2sc3c4ccc([2H])c([2H])c4c([2H])c([2H])c3c2c(-c2ccc(-c3nc(-c4ccccc4)nc(-c4ccc5c(c4)oc4c(-c6ccccc6)cccc45)n3)cc2)c1[2H]. The van der Waals surface area contributed by atoms with Gasteiger partial charge in [-0.05, 0) is 45.7 Å². The Kier molecular flexibility index (Phi) is 5.73. The highest BCUT2D eigenvalue weighted by Gasteiger charge is 2.17. The van der Waals surface area contributed by atoms with E-state index < -0.39 is 0 Å². The third-order valence-electron chi connectivity index (χ3n) is 9.88. The molecule has 54 heavy (non-hydrogen) atoms. The summed E-state index contributed by atoms with van der Waals surface area (Å²) in [5.41, 5.74) is 7.09. The second kappa shape index (κ2) is 12.3. The van der Waals surface area contributed by atoms with E-state index in [9.17, 15) is 0 Å². The Morgan fingerprint density at radius 1 is 0.463 bits per heavy atom. The van der Waals surface area contributed by atoms with Gasteiger partial charge >= 0.3 is 0 Å². The number of aromatic nitrogens is 3. The molecule has 0 N–H and O–H groups in total. The van der Waals surface area contributed by atoms with Gasteiger partial charge in [-0.1, -0.05) is 158 Å². The standard InChI is InChI=1S/C49H29N3OS/c1-3-11-30(12-4-1)37-18-9-19-40-39-27-26-35(29-42(39)53-45(37)40)49-51-47(33-14-5-2-6-15-33)50-48(52-49)34-23-21-32(22-24-34)36-17-10-20-43-44(36)41-28-25-31-13-7-8-16-38(31)46(41)54-43/h1-29H/i7D,10D,13D,17D,25D,28D. The van der Waals surface area contributed by atoms with E-state index in [1.807, 2.05) is 97.1 Å². The highest BCUT2D eigenvalue weighted by Crippen LogP contribution is 2.43. The van der Waals surface area contributed by atoms with Crippen molar-refractivity contribution in [2.75, 3.05) is 0 Å². The summed E-state index contributed by atoms with van der Waals surface area (Å²) in [4.78, 5) is 14.9. The van der Waals surface area contributed by atoms with E-state index in [-0.39, 0.29) is 41.6 Å². The van der Waals surface area contributed by atoms with E-state index in [0.29, 0.717) is 59.7 Å². The molecule has 0 fully saturated rings. The normalized spacial score (nSPS) is 13.3. The number of hydrogen-bond donors (Lipinski definition) is 0. The Hall–Kier alpha value is -6.95. The van der Waals surface area contributed by atoms with Gasteiger partial charge in [0.2, 0.25) is 0 Å². The van der Waals surface area contributed by atoms with Gasteiger partial charge in [-0.3, -0.25) is 0 Å². The first-order valence-corrected chi connectivity index (χ1v) is 18.3. The molecular formula is C49H29N3OS. The maximum atomic E-state index is 9.10. The summed E-state index contributed by atoms with van der Waals surface area (Å²) in [6, 6.07) is 44.4. The molecule has 0 aliphatic heterocycles. The number of nitrogens with zero attached hydrogens (tertiary/aromatic N) is 3. The summed E-state index contributed by atoms with van der Waals surface area (Å²) in [6.45, 7) is 0. The Bertz CT molecular complexity index is 3550. The summed E-state index contributed by atoms with van der Waals surface area (Å²) < 4.78 is 60.5. The van der Waals surface area contributed by atoms with Crippen LogP contribution in [0.1, 0.15) is 8.22 Å². The summed E-state index contributed by atoms with van der Waals surface area (Å²) in [5, 5.41) is 4.02. The van der Waals surface area contributed by atoms with Crippen LogP contribution in [0.3, 0.4) is 0 Å². The van der Waals surface area contributed by atoms with Crippen molar-refractivity contribution in [3.63, 3.8) is 0 Å². The molecule has 4 nitrogen and oxygen atoms in total. The van der Waals surface area contributed by atoms with Crippen LogP contribution in [-0.4, -0.2) is 15.0 Å². The summed E-state index contributed by atoms with van der Waals surface area (Å²) in [7, 11) is 0. The van der Waals surface area contributed by atoms with Gasteiger partial charge in [0.05, 0.1) is 8.22 Å². The van der Waals surface area contributed by atoms with Gasteiger partial charge < -0.3 is 4.42 Å². The molecule has 0 saturated heterocycles. The van der Waals surface area contributed by atoms with Crippen molar-refractivity contribution in [2.45, 2.75) is 0 Å². The molecular weight excluding hydrogens is 679 g/mol. The molecule has 3 heterocycles. The van der Waals surface area contributed by atoms with Crippen LogP contribution in [0.25, 0.3) is 109 Å². The Labute approximate surface area is 323 Å². The fourth-order valence-electron chi connectivity index (χ4n) is 7.28. The van der Waals surface area contributed by atoms with Crippen molar-refractivity contribution < 1.29 is 12.6 Å². The average molecular weight is 714 g/mol. The molecule has 8 aromatic carbocycles. The zero-order chi connectivity index (χ0) is 40.8. The van der Waals surface area contributed by atoms with Gasteiger partial charge in [0, 0.05) is 53.2 Å². The summed E-state index contributed by atoms with van der Waals surface area (Å²) >= 11 is 1.38. The molecule has 0 radical (unpaired) electrons. The number of furan rings is 1. The lowest BCUT2D eigenvalue weighted by atomic mass is 9.97. The van der Waals surface area contributed by atoms with Crippen molar-refractivity contribution in [3.05, 3.63) is 176 Å². The van der Waals surface area contributed by atoms with Crippen LogP contribution in [0, 0.1) is 0 Å². The minimum Gasteiger partial charge on any atom is -0.455 e. The highest BCUT2D eigenvalue weighted by molar-refractivity contribution is 7.26. The molecule has 11 aromatic rings. The third kappa shape index (κ3) is 5.01. The lowest BCUT2D eigenvalue weighted by Gasteiger charge is -2.10. The summed E-state index contributed by atoms with van der Waals surface area (Å²) in [5.74, 6) is 1.43. The van der Waals surface area contributed by atoms with E-state index in [4.69, 9.17) is 27.6 Å². The Balaban J connectivity index is 1.05. The van der Waals surface area contributed by atoms with Crippen molar-refractivity contribution in [1.82, 2.24) is 15.0 Å². The van der Waals surface area contributed by atoms with Crippen molar-refractivity contribution >= 4 is 64.2 Å². The van der Waals surface area contributed by atoms with Gasteiger partial charge in [0.1, 0.15) is 11.2 Å². The molecule has 0 bridgehead atoms. The molecule has 0 aliphatic carbocycles. The van der Waals surface area contributed by atoms with Crippen LogP contribution in [0.5, 0.6) is 0 Å². The molecule has 0 atom stereocenters. The zero-order valence-electron chi connectivity index (χ0n) is 34.4. The first kappa shape index (κ1) is 25.1. The maximum Gasteiger partial charge on any atom is 0.164 e. The first-order valence-electron chi connectivity index (χ1n) is 20.5. The molecule has 11 rings (SSSR count). The smallest absolute Gasteiger partial charge is 0.164 e. The minimum atomic E-state index is -0.129. The van der Waals surface area contributed by atoms with Crippen molar-refractivity contribution in [1.29, 1.82) is 0 Å². The van der Waals surface area contributed by atoms with Gasteiger partial charge in [0.25, 0.3) is 0 Å². The van der Waals surface area contributed by atoms with Crippen molar-refractivity contribution in [3.8, 4) is 56.4 Å². The molecule has 252 valence electrons. The number of hydrogen-bond acceptors (Lipinski definition) is 5.